The molecule has 0 radical (unpaired) electrons. The van der Waals surface area contributed by atoms with Crippen molar-refractivity contribution in [3.8, 4) is 5.75 Å². The maximum atomic E-state index is 12.6. The number of aromatic nitrogens is 1. The minimum Gasteiger partial charge on any atom is -0.497 e. The summed E-state index contributed by atoms with van der Waals surface area (Å²) in [5, 5.41) is 7.03. The third-order valence-electron chi connectivity index (χ3n) is 4.87. The molecule has 1 aromatic carbocycles. The van der Waals surface area contributed by atoms with Gasteiger partial charge in [0.05, 0.1) is 18.8 Å². The number of hydrogen-bond acceptors (Lipinski definition) is 6. The molecule has 0 saturated heterocycles. The van der Waals surface area contributed by atoms with Crippen LogP contribution >= 0.6 is 0 Å². The smallest absolute Gasteiger partial charge is 0.270 e. The van der Waals surface area contributed by atoms with E-state index in [4.69, 9.17) is 9.15 Å². The lowest BCUT2D eigenvalue weighted by Crippen LogP contribution is -2.30. The molecule has 2 N–H and O–H groups in total. The summed E-state index contributed by atoms with van der Waals surface area (Å²) in [6.45, 7) is 7.88. The number of rotatable bonds is 10. The molecule has 0 saturated carbocycles. The van der Waals surface area contributed by atoms with E-state index in [1.807, 2.05) is 30.3 Å². The van der Waals surface area contributed by atoms with E-state index < -0.39 is 0 Å². The summed E-state index contributed by atoms with van der Waals surface area (Å²) in [5.74, 6) is 1.14. The molecule has 7 nitrogen and oxygen atoms in total. The van der Waals surface area contributed by atoms with Crippen molar-refractivity contribution >= 4 is 28.4 Å². The van der Waals surface area contributed by atoms with Crippen molar-refractivity contribution in [2.24, 2.45) is 0 Å². The largest absolute Gasteiger partial charge is 0.497 e. The first kappa shape index (κ1) is 20.7. The summed E-state index contributed by atoms with van der Waals surface area (Å²) in [5.41, 5.74) is 1.79. The quantitative estimate of drug-likeness (QED) is 0.504. The van der Waals surface area contributed by atoms with Crippen LogP contribution in [-0.4, -0.2) is 49.1 Å². The molecule has 154 valence electrons. The lowest BCUT2D eigenvalue weighted by Gasteiger charge is -2.17. The van der Waals surface area contributed by atoms with Crippen LogP contribution in [0.3, 0.4) is 0 Å². The Hall–Kier alpha value is -3.06. The topological polar surface area (TPSA) is 79.6 Å². The number of nitrogens with one attached hydrogen (secondary N) is 2. The first-order valence-corrected chi connectivity index (χ1v) is 9.94. The summed E-state index contributed by atoms with van der Waals surface area (Å²) < 4.78 is 10.7. The minimum atomic E-state index is -0.208. The molecule has 0 aliphatic rings. The number of amides is 1. The van der Waals surface area contributed by atoms with Gasteiger partial charge in [0.25, 0.3) is 5.91 Å². The van der Waals surface area contributed by atoms with Crippen molar-refractivity contribution in [2.75, 3.05) is 38.6 Å². The van der Waals surface area contributed by atoms with Crippen LogP contribution in [-0.2, 0) is 0 Å². The number of ether oxygens (including phenoxy) is 1. The number of methoxy groups -OCH3 is 1. The van der Waals surface area contributed by atoms with E-state index in [0.29, 0.717) is 23.6 Å². The molecule has 3 rings (SSSR count). The molecule has 0 atom stereocenters. The van der Waals surface area contributed by atoms with Crippen LogP contribution in [0.2, 0.25) is 0 Å². The van der Waals surface area contributed by atoms with Crippen LogP contribution in [0.4, 0.5) is 11.5 Å². The van der Waals surface area contributed by atoms with Gasteiger partial charge in [-0.3, -0.25) is 4.79 Å². The van der Waals surface area contributed by atoms with Crippen molar-refractivity contribution in [2.45, 2.75) is 20.3 Å². The van der Waals surface area contributed by atoms with Crippen LogP contribution < -0.4 is 15.4 Å². The van der Waals surface area contributed by atoms with Gasteiger partial charge >= 0.3 is 0 Å². The van der Waals surface area contributed by atoms with Crippen LogP contribution in [0.5, 0.6) is 5.75 Å². The Bertz CT molecular complexity index is 933. The molecule has 0 aliphatic heterocycles. The standard InChI is InChI=1S/C22H28N4O3/c1-4-26(5-2)13-6-12-23-22(27)19-15-20-18(11-14-29-20)21(25-19)24-16-7-9-17(28-3)10-8-16/h7-11,14-15H,4-6,12-13H2,1-3H3,(H,23,27)(H,24,25). The first-order valence-electron chi connectivity index (χ1n) is 9.94. The molecule has 0 fully saturated rings. The fraction of sp³-hybridized carbons (Fsp3) is 0.364. The highest BCUT2D eigenvalue weighted by Crippen LogP contribution is 2.27. The molecule has 1 amide bonds. The molecule has 7 heteroatoms. The summed E-state index contributed by atoms with van der Waals surface area (Å²) in [7, 11) is 1.63. The minimum absolute atomic E-state index is 0.208. The zero-order chi connectivity index (χ0) is 20.6. The predicted molar refractivity (Wildman–Crippen MR) is 115 cm³/mol. The maximum absolute atomic E-state index is 12.6. The predicted octanol–water partition coefficient (Wildman–Crippen LogP) is 4.04. The fourth-order valence-corrected chi connectivity index (χ4v) is 3.12. The van der Waals surface area contributed by atoms with Crippen molar-refractivity contribution in [1.82, 2.24) is 15.2 Å². The van der Waals surface area contributed by atoms with E-state index >= 15 is 0 Å². The lowest BCUT2D eigenvalue weighted by atomic mass is 10.2. The van der Waals surface area contributed by atoms with Crippen LogP contribution in [0.25, 0.3) is 11.0 Å². The zero-order valence-corrected chi connectivity index (χ0v) is 17.2. The monoisotopic (exact) mass is 396 g/mol. The number of carbonyl (C=O) groups excluding carboxylic acids is 1. The summed E-state index contributed by atoms with van der Waals surface area (Å²) in [6.07, 6.45) is 2.49. The molecule has 0 aliphatic carbocycles. The summed E-state index contributed by atoms with van der Waals surface area (Å²) >= 11 is 0. The Balaban J connectivity index is 1.71. The molecule has 2 aromatic heterocycles. The van der Waals surface area contributed by atoms with Gasteiger partial charge in [-0.25, -0.2) is 4.98 Å². The Morgan fingerprint density at radius 1 is 1.17 bits per heavy atom. The lowest BCUT2D eigenvalue weighted by molar-refractivity contribution is 0.0947. The van der Waals surface area contributed by atoms with Gasteiger partial charge in [-0.05, 0) is 56.4 Å². The fourth-order valence-electron chi connectivity index (χ4n) is 3.12. The second kappa shape index (κ2) is 9.93. The van der Waals surface area contributed by atoms with Gasteiger partial charge < -0.3 is 24.7 Å². The van der Waals surface area contributed by atoms with E-state index in [-0.39, 0.29) is 5.91 Å². The highest BCUT2D eigenvalue weighted by molar-refractivity contribution is 5.99. The normalized spacial score (nSPS) is 11.0. The Labute approximate surface area is 171 Å². The molecule has 3 aromatic rings. The van der Waals surface area contributed by atoms with Crippen LogP contribution in [0.1, 0.15) is 30.8 Å². The van der Waals surface area contributed by atoms with Gasteiger partial charge in [-0.2, -0.15) is 0 Å². The van der Waals surface area contributed by atoms with Crippen molar-refractivity contribution in [3.05, 3.63) is 48.4 Å². The summed E-state index contributed by atoms with van der Waals surface area (Å²) in [6, 6.07) is 11.0. The SMILES string of the molecule is CCN(CC)CCCNC(=O)c1cc2occc2c(Nc2ccc(OC)cc2)n1. The third-order valence-corrected chi connectivity index (χ3v) is 4.87. The van der Waals surface area contributed by atoms with E-state index in [0.717, 1.165) is 42.9 Å². The number of benzene rings is 1. The summed E-state index contributed by atoms with van der Waals surface area (Å²) in [4.78, 5) is 19.5. The Kier molecular flexibility index (Phi) is 7.08. The first-order chi connectivity index (χ1) is 14.1. The van der Waals surface area contributed by atoms with Crippen LogP contribution in [0.15, 0.2) is 47.1 Å². The zero-order valence-electron chi connectivity index (χ0n) is 17.2. The molecular formula is C22H28N4O3. The van der Waals surface area contributed by atoms with Gasteiger partial charge in [-0.1, -0.05) is 13.8 Å². The number of hydrogen-bond donors (Lipinski definition) is 2. The number of carbonyl (C=O) groups is 1. The number of nitrogens with zero attached hydrogens (tertiary/aromatic N) is 2. The van der Waals surface area contributed by atoms with Crippen molar-refractivity contribution < 1.29 is 13.9 Å². The number of fused-ring (bicyclic) bond motifs is 1. The van der Waals surface area contributed by atoms with Gasteiger partial charge in [-0.15, -0.1) is 0 Å². The third kappa shape index (κ3) is 5.26. The molecule has 0 bridgehead atoms. The Morgan fingerprint density at radius 3 is 2.62 bits per heavy atom. The highest BCUT2D eigenvalue weighted by atomic mass is 16.5. The number of anilines is 2. The molecule has 29 heavy (non-hydrogen) atoms. The van der Waals surface area contributed by atoms with E-state index in [1.54, 1.807) is 19.4 Å². The molecule has 0 spiro atoms. The van der Waals surface area contributed by atoms with E-state index in [9.17, 15) is 4.79 Å². The maximum Gasteiger partial charge on any atom is 0.270 e. The second-order valence-corrected chi connectivity index (χ2v) is 6.68. The number of pyridine rings is 1. The van der Waals surface area contributed by atoms with Crippen molar-refractivity contribution in [1.29, 1.82) is 0 Å². The van der Waals surface area contributed by atoms with Gasteiger partial charge in [0.2, 0.25) is 0 Å². The Morgan fingerprint density at radius 2 is 1.93 bits per heavy atom. The molecule has 0 unspecified atom stereocenters. The van der Waals surface area contributed by atoms with Gasteiger partial charge in [0.1, 0.15) is 22.8 Å². The van der Waals surface area contributed by atoms with Crippen LogP contribution in [0, 0.1) is 0 Å². The highest BCUT2D eigenvalue weighted by Gasteiger charge is 2.14. The molecule has 2 heterocycles. The average molecular weight is 396 g/mol. The second-order valence-electron chi connectivity index (χ2n) is 6.68. The van der Waals surface area contributed by atoms with Gasteiger partial charge in [0.15, 0.2) is 0 Å². The average Bonchev–Trinajstić information content (AvgIpc) is 3.23. The van der Waals surface area contributed by atoms with E-state index in [2.05, 4.69) is 34.4 Å². The van der Waals surface area contributed by atoms with Gasteiger partial charge in [0, 0.05) is 18.3 Å². The number of furan rings is 1. The van der Waals surface area contributed by atoms with Crippen molar-refractivity contribution in [3.63, 3.8) is 0 Å². The van der Waals surface area contributed by atoms with E-state index in [1.165, 1.54) is 0 Å². The molecular weight excluding hydrogens is 368 g/mol.